The van der Waals surface area contributed by atoms with E-state index in [4.69, 9.17) is 9.47 Å². The SMILES string of the molecule is CCN(CC)CC1CN(C(=O)OCc2ccccc2)CCO1. The number of benzene rings is 1. The van der Waals surface area contributed by atoms with Crippen LogP contribution in [-0.4, -0.2) is 61.3 Å². The molecule has 5 nitrogen and oxygen atoms in total. The summed E-state index contributed by atoms with van der Waals surface area (Å²) in [5.41, 5.74) is 1.00. The predicted molar refractivity (Wildman–Crippen MR) is 85.7 cm³/mol. The Balaban J connectivity index is 1.79. The van der Waals surface area contributed by atoms with Crippen LogP contribution in [0.4, 0.5) is 4.79 Å². The van der Waals surface area contributed by atoms with E-state index in [0.29, 0.717) is 26.3 Å². The summed E-state index contributed by atoms with van der Waals surface area (Å²) in [6.07, 6.45) is -0.186. The smallest absolute Gasteiger partial charge is 0.410 e. The zero-order chi connectivity index (χ0) is 15.8. The van der Waals surface area contributed by atoms with E-state index in [1.54, 1.807) is 4.90 Å². The summed E-state index contributed by atoms with van der Waals surface area (Å²) < 4.78 is 11.2. The second kappa shape index (κ2) is 8.76. The molecule has 0 spiro atoms. The van der Waals surface area contributed by atoms with Crippen molar-refractivity contribution in [2.45, 2.75) is 26.6 Å². The highest BCUT2D eigenvalue weighted by Crippen LogP contribution is 2.10. The third-order valence-corrected chi connectivity index (χ3v) is 3.96. The molecule has 0 saturated carbocycles. The van der Waals surface area contributed by atoms with Gasteiger partial charge in [0.15, 0.2) is 0 Å². The lowest BCUT2D eigenvalue weighted by molar-refractivity contribution is -0.0407. The van der Waals surface area contributed by atoms with Crippen molar-refractivity contribution in [1.82, 2.24) is 9.80 Å². The summed E-state index contributed by atoms with van der Waals surface area (Å²) in [7, 11) is 0. The number of ether oxygens (including phenoxy) is 2. The van der Waals surface area contributed by atoms with Crippen LogP contribution in [0.3, 0.4) is 0 Å². The molecule has 0 bridgehead atoms. The molecule has 0 aromatic heterocycles. The first-order chi connectivity index (χ1) is 10.7. The van der Waals surface area contributed by atoms with Gasteiger partial charge in [-0.2, -0.15) is 0 Å². The first-order valence-corrected chi connectivity index (χ1v) is 8.02. The fourth-order valence-electron chi connectivity index (χ4n) is 2.58. The molecule has 1 heterocycles. The fourth-order valence-corrected chi connectivity index (χ4v) is 2.58. The maximum atomic E-state index is 12.2. The van der Waals surface area contributed by atoms with Gasteiger partial charge in [-0.3, -0.25) is 0 Å². The van der Waals surface area contributed by atoms with Gasteiger partial charge in [0.05, 0.1) is 19.3 Å². The van der Waals surface area contributed by atoms with Crippen LogP contribution in [0.15, 0.2) is 30.3 Å². The number of morpholine rings is 1. The molecular formula is C17H26N2O3. The van der Waals surface area contributed by atoms with Crippen LogP contribution < -0.4 is 0 Å². The Bertz CT molecular complexity index is 448. The van der Waals surface area contributed by atoms with Crippen LogP contribution in [0.25, 0.3) is 0 Å². The third kappa shape index (κ3) is 5.00. The molecule has 2 rings (SSSR count). The van der Waals surface area contributed by atoms with Gasteiger partial charge in [-0.25, -0.2) is 4.79 Å². The standard InChI is InChI=1S/C17H26N2O3/c1-3-18(4-2)12-16-13-19(10-11-21-16)17(20)22-14-15-8-6-5-7-9-15/h5-9,16H,3-4,10-14H2,1-2H3. The molecule has 1 unspecified atom stereocenters. The van der Waals surface area contributed by atoms with Gasteiger partial charge in [-0.05, 0) is 18.7 Å². The van der Waals surface area contributed by atoms with Gasteiger partial charge < -0.3 is 19.3 Å². The van der Waals surface area contributed by atoms with E-state index in [9.17, 15) is 4.79 Å². The summed E-state index contributed by atoms with van der Waals surface area (Å²) in [5.74, 6) is 0. The van der Waals surface area contributed by atoms with Crippen molar-refractivity contribution in [3.63, 3.8) is 0 Å². The number of likely N-dealkylation sites (N-methyl/N-ethyl adjacent to an activating group) is 1. The van der Waals surface area contributed by atoms with E-state index in [1.807, 2.05) is 30.3 Å². The maximum Gasteiger partial charge on any atom is 0.410 e. The molecule has 1 amide bonds. The Kier molecular flexibility index (Phi) is 6.68. The summed E-state index contributed by atoms with van der Waals surface area (Å²) in [6.45, 7) is 9.21. The number of rotatable bonds is 6. The van der Waals surface area contributed by atoms with Crippen molar-refractivity contribution < 1.29 is 14.3 Å². The first kappa shape index (κ1) is 16.8. The highest BCUT2D eigenvalue weighted by molar-refractivity contribution is 5.67. The number of carbonyl (C=O) groups excluding carboxylic acids is 1. The maximum absolute atomic E-state index is 12.2. The minimum Gasteiger partial charge on any atom is -0.445 e. The quantitative estimate of drug-likeness (QED) is 0.809. The number of hydrogen-bond donors (Lipinski definition) is 0. The van der Waals surface area contributed by atoms with Crippen molar-refractivity contribution in [2.24, 2.45) is 0 Å². The van der Waals surface area contributed by atoms with E-state index >= 15 is 0 Å². The molecule has 122 valence electrons. The van der Waals surface area contributed by atoms with Crippen LogP contribution in [0.1, 0.15) is 19.4 Å². The predicted octanol–water partition coefficient (Wildman–Crippen LogP) is 2.37. The molecule has 1 aliphatic heterocycles. The summed E-state index contributed by atoms with van der Waals surface area (Å²) >= 11 is 0. The van der Waals surface area contributed by atoms with E-state index in [2.05, 4.69) is 18.7 Å². The monoisotopic (exact) mass is 306 g/mol. The number of nitrogens with zero attached hydrogens (tertiary/aromatic N) is 2. The van der Waals surface area contributed by atoms with Gasteiger partial charge in [0.1, 0.15) is 6.61 Å². The van der Waals surface area contributed by atoms with E-state index in [0.717, 1.165) is 25.2 Å². The van der Waals surface area contributed by atoms with E-state index in [1.165, 1.54) is 0 Å². The minimum atomic E-state index is -0.253. The van der Waals surface area contributed by atoms with Gasteiger partial charge in [-0.15, -0.1) is 0 Å². The van der Waals surface area contributed by atoms with Crippen LogP contribution in [-0.2, 0) is 16.1 Å². The van der Waals surface area contributed by atoms with E-state index < -0.39 is 0 Å². The second-order valence-electron chi connectivity index (χ2n) is 5.46. The fraction of sp³-hybridized carbons (Fsp3) is 0.588. The molecule has 0 radical (unpaired) electrons. The molecular weight excluding hydrogens is 280 g/mol. The topological polar surface area (TPSA) is 42.0 Å². The lowest BCUT2D eigenvalue weighted by Crippen LogP contribution is -2.49. The largest absolute Gasteiger partial charge is 0.445 e. The van der Waals surface area contributed by atoms with Gasteiger partial charge in [0.2, 0.25) is 0 Å². The number of carbonyl (C=O) groups is 1. The van der Waals surface area contributed by atoms with Crippen LogP contribution in [0, 0.1) is 0 Å². The first-order valence-electron chi connectivity index (χ1n) is 8.02. The van der Waals surface area contributed by atoms with Crippen LogP contribution in [0.5, 0.6) is 0 Å². The van der Waals surface area contributed by atoms with Crippen LogP contribution >= 0.6 is 0 Å². The minimum absolute atomic E-state index is 0.0675. The Morgan fingerprint density at radius 2 is 2.05 bits per heavy atom. The van der Waals surface area contributed by atoms with Crippen molar-refractivity contribution in [3.05, 3.63) is 35.9 Å². The molecule has 1 aliphatic rings. The molecule has 1 saturated heterocycles. The summed E-state index contributed by atoms with van der Waals surface area (Å²) in [4.78, 5) is 16.2. The third-order valence-electron chi connectivity index (χ3n) is 3.96. The van der Waals surface area contributed by atoms with Crippen LogP contribution in [0.2, 0.25) is 0 Å². The highest BCUT2D eigenvalue weighted by atomic mass is 16.6. The number of amides is 1. The zero-order valence-corrected chi connectivity index (χ0v) is 13.5. The Hall–Kier alpha value is -1.59. The normalized spacial score (nSPS) is 18.5. The molecule has 1 atom stereocenters. The summed E-state index contributed by atoms with van der Waals surface area (Å²) in [6, 6.07) is 9.74. The molecule has 1 aromatic carbocycles. The average molecular weight is 306 g/mol. The molecule has 5 heteroatoms. The van der Waals surface area contributed by atoms with Gasteiger partial charge >= 0.3 is 6.09 Å². The van der Waals surface area contributed by atoms with Crippen molar-refractivity contribution in [3.8, 4) is 0 Å². The molecule has 22 heavy (non-hydrogen) atoms. The molecule has 0 aliphatic carbocycles. The van der Waals surface area contributed by atoms with Crippen molar-refractivity contribution in [2.75, 3.05) is 39.3 Å². The lowest BCUT2D eigenvalue weighted by Gasteiger charge is -2.34. The average Bonchev–Trinajstić information content (AvgIpc) is 2.58. The summed E-state index contributed by atoms with van der Waals surface area (Å²) in [5, 5.41) is 0. The number of hydrogen-bond acceptors (Lipinski definition) is 4. The molecule has 0 N–H and O–H groups in total. The van der Waals surface area contributed by atoms with Gasteiger partial charge in [0, 0.05) is 13.1 Å². The molecule has 1 fully saturated rings. The van der Waals surface area contributed by atoms with Gasteiger partial charge in [0.25, 0.3) is 0 Å². The van der Waals surface area contributed by atoms with E-state index in [-0.39, 0.29) is 12.2 Å². The zero-order valence-electron chi connectivity index (χ0n) is 13.5. The molecule has 1 aromatic rings. The highest BCUT2D eigenvalue weighted by Gasteiger charge is 2.26. The second-order valence-corrected chi connectivity index (χ2v) is 5.46. The van der Waals surface area contributed by atoms with Crippen molar-refractivity contribution in [1.29, 1.82) is 0 Å². The Morgan fingerprint density at radius 1 is 1.32 bits per heavy atom. The van der Waals surface area contributed by atoms with Gasteiger partial charge in [-0.1, -0.05) is 44.2 Å². The van der Waals surface area contributed by atoms with Crippen molar-refractivity contribution >= 4 is 6.09 Å². The Labute approximate surface area is 132 Å². The Morgan fingerprint density at radius 3 is 2.73 bits per heavy atom. The lowest BCUT2D eigenvalue weighted by atomic mass is 10.2.